The highest BCUT2D eigenvalue weighted by Gasteiger charge is 2.41. The van der Waals surface area contributed by atoms with Crippen molar-refractivity contribution in [2.45, 2.75) is 57.8 Å². The molecule has 6 nitrogen and oxygen atoms in total. The molecule has 3 heterocycles. The summed E-state index contributed by atoms with van der Waals surface area (Å²) in [5, 5.41) is 11.8. The van der Waals surface area contributed by atoms with Gasteiger partial charge in [-0.05, 0) is 219 Å². The Morgan fingerprint density at radius 2 is 0.409 bits per heavy atom. The van der Waals surface area contributed by atoms with E-state index in [0.717, 1.165) is 145 Å². The minimum atomic E-state index is -0.0738. The second-order valence-corrected chi connectivity index (χ2v) is 41.2. The van der Waals surface area contributed by atoms with E-state index in [1.165, 1.54) is 127 Å². The number of rotatable bonds is 15. The molecule has 0 amide bonds. The summed E-state index contributed by atoms with van der Waals surface area (Å²) in [5.41, 5.74) is 44.9. The van der Waals surface area contributed by atoms with Crippen LogP contribution < -0.4 is 14.7 Å². The molecule has 29 rings (SSSR count). The quantitative estimate of drug-likeness (QED) is 0.102. The average Bonchev–Trinajstić information content (AvgIpc) is 1.56. The molecule has 708 valence electrons. The molecule has 0 fully saturated rings. The molecule has 0 radical (unpaired) electrons. The zero-order valence-electron chi connectivity index (χ0n) is 83.6. The van der Waals surface area contributed by atoms with Crippen molar-refractivity contribution in [1.82, 2.24) is 0 Å². The van der Waals surface area contributed by atoms with Gasteiger partial charge in [-0.1, -0.05) is 454 Å². The van der Waals surface area contributed by atoms with Crippen LogP contribution in [0.1, 0.15) is 74.9 Å². The van der Waals surface area contributed by atoms with E-state index in [-0.39, 0.29) is 16.2 Å². The fourth-order valence-corrected chi connectivity index (χ4v) is 24.1. The second-order valence-electron chi connectivity index (χ2n) is 41.2. The number of anilines is 9. The number of hydrogen-bond donors (Lipinski definition) is 0. The molecule has 0 bridgehead atoms. The largest absolute Gasteiger partial charge is 0.455 e. The first kappa shape index (κ1) is 89.2. The maximum atomic E-state index is 6.93. The molecular weight excluding hydrogens is 1810 g/mol. The Morgan fingerprint density at radius 1 is 0.148 bits per heavy atom. The van der Waals surface area contributed by atoms with Crippen LogP contribution in [0.5, 0.6) is 0 Å². The molecule has 6 heteroatoms. The van der Waals surface area contributed by atoms with Gasteiger partial charge in [0.15, 0.2) is 0 Å². The lowest BCUT2D eigenvalue weighted by Gasteiger charge is -2.27. The summed E-state index contributed by atoms with van der Waals surface area (Å²) in [4.78, 5) is 7.03. The molecule has 0 atom stereocenters. The molecule has 3 aliphatic carbocycles. The predicted molar refractivity (Wildman–Crippen MR) is 626 cm³/mol. The van der Waals surface area contributed by atoms with Crippen LogP contribution in [0.15, 0.2) is 529 Å². The fraction of sp³-hybridized carbons (Fsp3) is 0.0629. The zero-order valence-corrected chi connectivity index (χ0v) is 83.6. The van der Waals surface area contributed by atoms with E-state index >= 15 is 0 Å². The van der Waals surface area contributed by atoms with Crippen molar-refractivity contribution in [1.29, 1.82) is 0 Å². The Bertz CT molecular complexity index is 9690. The molecule has 0 N–H and O–H groups in total. The van der Waals surface area contributed by atoms with Crippen LogP contribution in [0.25, 0.3) is 188 Å². The van der Waals surface area contributed by atoms with Gasteiger partial charge in [-0.2, -0.15) is 0 Å². The Balaban J connectivity index is 0.000000110. The van der Waals surface area contributed by atoms with Crippen LogP contribution in [-0.4, -0.2) is 0 Å². The number of para-hydroxylation sites is 4. The number of benzene rings is 23. The minimum absolute atomic E-state index is 0.0665. The number of nitrogens with zero attached hydrogens (tertiary/aromatic N) is 3. The molecule has 0 saturated heterocycles. The highest BCUT2D eigenvalue weighted by atomic mass is 16.3. The summed E-state index contributed by atoms with van der Waals surface area (Å²) >= 11 is 0. The van der Waals surface area contributed by atoms with Gasteiger partial charge >= 0.3 is 0 Å². The molecular formula is C143H103N3O3. The average molecular weight is 1910 g/mol. The van der Waals surface area contributed by atoms with Gasteiger partial charge in [0.05, 0.1) is 5.69 Å². The van der Waals surface area contributed by atoms with E-state index in [4.69, 9.17) is 13.3 Å². The third-order valence-electron chi connectivity index (χ3n) is 31.6. The van der Waals surface area contributed by atoms with Gasteiger partial charge in [0.2, 0.25) is 0 Å². The van der Waals surface area contributed by atoms with Crippen LogP contribution >= 0.6 is 0 Å². The molecule has 3 aromatic heterocycles. The summed E-state index contributed by atoms with van der Waals surface area (Å²) in [5.74, 6) is 0. The van der Waals surface area contributed by atoms with Crippen molar-refractivity contribution in [3.63, 3.8) is 0 Å². The van der Waals surface area contributed by atoms with E-state index in [2.05, 4.69) is 572 Å². The van der Waals surface area contributed by atoms with Crippen molar-refractivity contribution in [2.24, 2.45) is 0 Å². The molecule has 0 spiro atoms. The Kier molecular flexibility index (Phi) is 21.6. The van der Waals surface area contributed by atoms with Gasteiger partial charge in [0.25, 0.3) is 0 Å². The van der Waals surface area contributed by atoms with Gasteiger partial charge in [0.1, 0.15) is 33.5 Å². The molecule has 0 saturated carbocycles. The van der Waals surface area contributed by atoms with Gasteiger partial charge in [0, 0.05) is 133 Å². The lowest BCUT2D eigenvalue weighted by atomic mass is 9.82. The first-order valence-electron chi connectivity index (χ1n) is 51.6. The molecule has 26 aromatic rings. The lowest BCUT2D eigenvalue weighted by molar-refractivity contribution is 0.653. The van der Waals surface area contributed by atoms with Gasteiger partial charge < -0.3 is 28.0 Å². The molecule has 3 aliphatic rings. The highest BCUT2D eigenvalue weighted by molar-refractivity contribution is 6.18. The third-order valence-corrected chi connectivity index (χ3v) is 31.6. The van der Waals surface area contributed by atoms with Crippen molar-refractivity contribution < 1.29 is 13.3 Å². The lowest BCUT2D eigenvalue weighted by Crippen LogP contribution is -2.14. The smallest absolute Gasteiger partial charge is 0.143 e. The van der Waals surface area contributed by atoms with Crippen molar-refractivity contribution in [2.75, 3.05) is 14.7 Å². The van der Waals surface area contributed by atoms with Gasteiger partial charge in [-0.3, -0.25) is 0 Å². The van der Waals surface area contributed by atoms with Crippen molar-refractivity contribution in [3.8, 4) is 100 Å². The topological polar surface area (TPSA) is 49.1 Å². The van der Waals surface area contributed by atoms with Crippen LogP contribution in [0.4, 0.5) is 51.2 Å². The fourth-order valence-electron chi connectivity index (χ4n) is 24.1. The number of fused-ring (bicyclic) bond motifs is 23. The number of hydrogen-bond acceptors (Lipinski definition) is 6. The summed E-state index contributed by atoms with van der Waals surface area (Å²) in [6.45, 7) is 13.9. The normalized spacial score (nSPS) is 13.1. The van der Waals surface area contributed by atoms with E-state index in [9.17, 15) is 0 Å². The first-order valence-corrected chi connectivity index (χ1v) is 51.6. The van der Waals surface area contributed by atoms with Gasteiger partial charge in [-0.25, -0.2) is 0 Å². The van der Waals surface area contributed by atoms with Crippen molar-refractivity contribution in [3.05, 3.63) is 549 Å². The minimum Gasteiger partial charge on any atom is -0.455 e. The summed E-state index contributed by atoms with van der Waals surface area (Å²) < 4.78 is 20.8. The Morgan fingerprint density at radius 3 is 0.819 bits per heavy atom. The van der Waals surface area contributed by atoms with E-state index < -0.39 is 0 Å². The second kappa shape index (κ2) is 36.0. The predicted octanol–water partition coefficient (Wildman–Crippen LogP) is 40.4. The third kappa shape index (κ3) is 15.1. The maximum absolute atomic E-state index is 6.93. The maximum Gasteiger partial charge on any atom is 0.143 e. The molecule has 149 heavy (non-hydrogen) atoms. The highest BCUT2D eigenvalue weighted by Crippen LogP contribution is 2.58. The SMILES string of the molecule is CC1(C)c2ccccc2-c2c1ccc1c2oc2c(-c3ccc(N(c4ccc(-c5ccccc5)cc4)c4ccc5ccccc5c4)cc3)cccc21.CC1(C)c2ccccc2-c2c1ccc1c2oc2c(-c3ccc(N(c4ccc(-c5ccccc5)cc4)c4cccc5ccccc45)cc3)cccc21.CC1(C)c2ccccc2-c2c1ccc1c2oc2c(-c3ccc(N(c4ccccc4)c4cccc(-c5ccccc5)c4)cc3)cccc21. The summed E-state index contributed by atoms with van der Waals surface area (Å²) in [6.07, 6.45) is 0. The monoisotopic (exact) mass is 1910 g/mol. The summed E-state index contributed by atoms with van der Waals surface area (Å²) in [7, 11) is 0. The standard InChI is InChI=1S/2C49H35NO.C45H33NO/c1-49(2)43-20-9-8-17-42(43)46-44(49)31-30-41-40-19-11-18-39(47(40)51-48(41)46)35-24-28-37(29-25-35)50(45-21-10-15-34-14-6-7-16-38(34)45)36-26-22-33(23-27-36)32-12-4-3-5-13-32;1-49(2)44-18-9-8-15-43(44)46-45(49)30-29-42-41-17-10-16-40(47(41)51-48(42)46)35-22-26-38(27-23-35)50(39-28-21-33-13-6-7-14-36(33)31-39)37-24-19-34(20-25-37)32-11-4-3-5-12-32;1-45(2)40-22-10-9-19-39(40)42-41(45)28-27-38-37-21-12-20-36(43(37)47-44(38)42)31-23-25-34(26-24-31)46(33-16-7-4-8-17-33)35-18-11-15-32(29-35)30-13-5-3-6-14-30/h2*3-31H,1-2H3;3-29H,1-2H3. The first-order chi connectivity index (χ1) is 73.2. The molecule has 0 unspecified atom stereocenters. The van der Waals surface area contributed by atoms with Crippen LogP contribution in [0.3, 0.4) is 0 Å². The van der Waals surface area contributed by atoms with Crippen LogP contribution in [-0.2, 0) is 16.2 Å². The van der Waals surface area contributed by atoms with Gasteiger partial charge in [-0.15, -0.1) is 0 Å². The van der Waals surface area contributed by atoms with E-state index in [1.54, 1.807) is 0 Å². The Labute approximate surface area is 867 Å². The van der Waals surface area contributed by atoms with Crippen molar-refractivity contribution >= 4 is 139 Å². The number of furan rings is 3. The van der Waals surface area contributed by atoms with Crippen LogP contribution in [0.2, 0.25) is 0 Å². The van der Waals surface area contributed by atoms with Crippen LogP contribution in [0, 0.1) is 0 Å². The molecule has 23 aromatic carbocycles. The Hall–Kier alpha value is -18.6. The van der Waals surface area contributed by atoms with E-state index in [1.807, 2.05) is 0 Å². The summed E-state index contributed by atoms with van der Waals surface area (Å²) in [6, 6.07) is 185. The van der Waals surface area contributed by atoms with E-state index in [0.29, 0.717) is 0 Å². The molecule has 0 aliphatic heterocycles. The zero-order chi connectivity index (χ0) is 99.7.